The zero-order valence-corrected chi connectivity index (χ0v) is 21.0. The molecule has 1 atom stereocenters. The van der Waals surface area contributed by atoms with E-state index in [2.05, 4.69) is 58.8 Å². The van der Waals surface area contributed by atoms with Crippen molar-refractivity contribution in [3.63, 3.8) is 0 Å². The van der Waals surface area contributed by atoms with Gasteiger partial charge in [-0.2, -0.15) is 0 Å². The van der Waals surface area contributed by atoms with Crippen molar-refractivity contribution in [1.29, 1.82) is 0 Å². The highest BCUT2D eigenvalue weighted by atomic mass is 127. The van der Waals surface area contributed by atoms with E-state index >= 15 is 0 Å². The van der Waals surface area contributed by atoms with Gasteiger partial charge in [-0.15, -0.1) is 24.0 Å². The van der Waals surface area contributed by atoms with Gasteiger partial charge < -0.3 is 25.0 Å². The van der Waals surface area contributed by atoms with Gasteiger partial charge in [-0.05, 0) is 43.8 Å². The number of para-hydroxylation sites is 2. The summed E-state index contributed by atoms with van der Waals surface area (Å²) < 4.78 is 11.3. The van der Waals surface area contributed by atoms with Crippen LogP contribution in [0.2, 0.25) is 0 Å². The lowest BCUT2D eigenvalue weighted by molar-refractivity contribution is 0.213. The molecule has 2 aromatic carbocycles. The zero-order chi connectivity index (χ0) is 21.1. The monoisotopic (exact) mass is 526 g/mol. The second-order valence-corrected chi connectivity index (χ2v) is 7.04. The SMILES string of the molecule is CCN(C)Cc1cccc(CNC(=NC)NCC(C)Oc2ccccc2OC)c1.I. The van der Waals surface area contributed by atoms with Gasteiger partial charge in [0.25, 0.3) is 0 Å². The van der Waals surface area contributed by atoms with Crippen molar-refractivity contribution >= 4 is 29.9 Å². The van der Waals surface area contributed by atoms with Crippen LogP contribution in [0.5, 0.6) is 11.5 Å². The van der Waals surface area contributed by atoms with E-state index < -0.39 is 0 Å². The Balaban J connectivity index is 0.00000450. The summed E-state index contributed by atoms with van der Waals surface area (Å²) in [6, 6.07) is 16.3. The standard InChI is InChI=1S/C23H34N4O2.HI/c1-6-27(4)17-20-11-9-10-19(14-20)16-26-23(24-3)25-15-18(2)29-22-13-8-7-12-21(22)28-5;/h7-14,18H,6,15-17H2,1-5H3,(H2,24,25,26);1H. The lowest BCUT2D eigenvalue weighted by Crippen LogP contribution is -2.41. The van der Waals surface area contributed by atoms with Crippen molar-refractivity contribution < 1.29 is 9.47 Å². The van der Waals surface area contributed by atoms with Gasteiger partial charge in [-0.25, -0.2) is 0 Å². The van der Waals surface area contributed by atoms with E-state index in [1.165, 1.54) is 11.1 Å². The van der Waals surface area contributed by atoms with Crippen molar-refractivity contribution in [1.82, 2.24) is 15.5 Å². The fraction of sp³-hybridized carbons (Fsp3) is 0.435. The molecule has 0 bridgehead atoms. The molecule has 0 saturated carbocycles. The van der Waals surface area contributed by atoms with Crippen LogP contribution in [0.25, 0.3) is 0 Å². The maximum atomic E-state index is 5.98. The third kappa shape index (κ3) is 8.79. The average molecular weight is 526 g/mol. The zero-order valence-electron chi connectivity index (χ0n) is 18.6. The molecule has 2 rings (SSSR count). The first-order chi connectivity index (χ1) is 14.0. The molecule has 6 nitrogen and oxygen atoms in total. The van der Waals surface area contributed by atoms with Crippen LogP contribution in [-0.4, -0.2) is 51.3 Å². The smallest absolute Gasteiger partial charge is 0.191 e. The first-order valence-electron chi connectivity index (χ1n) is 10.1. The molecule has 0 aliphatic carbocycles. The lowest BCUT2D eigenvalue weighted by atomic mass is 10.1. The molecular formula is C23H35IN4O2. The van der Waals surface area contributed by atoms with Crippen molar-refractivity contribution in [3.05, 3.63) is 59.7 Å². The third-order valence-corrected chi connectivity index (χ3v) is 4.62. The van der Waals surface area contributed by atoms with Crippen molar-refractivity contribution in [2.45, 2.75) is 33.0 Å². The first kappa shape index (κ1) is 26.0. The molecule has 0 aromatic heterocycles. The van der Waals surface area contributed by atoms with Gasteiger partial charge in [0.2, 0.25) is 0 Å². The van der Waals surface area contributed by atoms with E-state index in [1.807, 2.05) is 31.2 Å². The fourth-order valence-electron chi connectivity index (χ4n) is 2.88. The number of nitrogens with zero attached hydrogens (tertiary/aromatic N) is 2. The van der Waals surface area contributed by atoms with Crippen LogP contribution in [0.3, 0.4) is 0 Å². The normalized spacial score (nSPS) is 12.1. The van der Waals surface area contributed by atoms with Gasteiger partial charge in [-0.1, -0.05) is 43.3 Å². The minimum atomic E-state index is -0.0437. The summed E-state index contributed by atoms with van der Waals surface area (Å²) in [4.78, 5) is 6.59. The molecule has 0 radical (unpaired) electrons. The number of methoxy groups -OCH3 is 1. The van der Waals surface area contributed by atoms with Gasteiger partial charge in [0.05, 0.1) is 13.7 Å². The maximum absolute atomic E-state index is 5.98. The molecule has 0 amide bonds. The molecule has 166 valence electrons. The molecule has 7 heteroatoms. The Morgan fingerprint density at radius 1 is 1.07 bits per heavy atom. The number of halogens is 1. The molecule has 0 aliphatic rings. The third-order valence-electron chi connectivity index (χ3n) is 4.62. The second-order valence-electron chi connectivity index (χ2n) is 7.04. The van der Waals surface area contributed by atoms with E-state index in [-0.39, 0.29) is 30.1 Å². The van der Waals surface area contributed by atoms with Crippen LogP contribution in [0.15, 0.2) is 53.5 Å². The predicted molar refractivity (Wildman–Crippen MR) is 135 cm³/mol. The minimum Gasteiger partial charge on any atom is -0.493 e. The highest BCUT2D eigenvalue weighted by Crippen LogP contribution is 2.26. The number of benzene rings is 2. The summed E-state index contributed by atoms with van der Waals surface area (Å²) in [6.45, 7) is 7.51. The Bertz CT molecular complexity index is 785. The molecule has 2 aromatic rings. The summed E-state index contributed by atoms with van der Waals surface area (Å²) in [5, 5.41) is 6.69. The number of ether oxygens (including phenoxy) is 2. The van der Waals surface area contributed by atoms with Gasteiger partial charge in [0.1, 0.15) is 6.10 Å². The van der Waals surface area contributed by atoms with E-state index in [1.54, 1.807) is 14.2 Å². The Morgan fingerprint density at radius 2 is 1.77 bits per heavy atom. The number of hydrogen-bond donors (Lipinski definition) is 2. The number of hydrogen-bond acceptors (Lipinski definition) is 4. The van der Waals surface area contributed by atoms with E-state index in [0.29, 0.717) is 13.1 Å². The minimum absolute atomic E-state index is 0. The topological polar surface area (TPSA) is 58.1 Å². The Morgan fingerprint density at radius 3 is 2.43 bits per heavy atom. The number of nitrogens with one attached hydrogen (secondary N) is 2. The summed E-state index contributed by atoms with van der Waals surface area (Å²) in [7, 11) is 5.55. The lowest BCUT2D eigenvalue weighted by Gasteiger charge is -2.19. The maximum Gasteiger partial charge on any atom is 0.191 e. The molecule has 0 heterocycles. The van der Waals surface area contributed by atoms with E-state index in [0.717, 1.165) is 30.5 Å². The largest absolute Gasteiger partial charge is 0.493 e. The summed E-state index contributed by atoms with van der Waals surface area (Å²) in [5.74, 6) is 2.22. The van der Waals surface area contributed by atoms with Gasteiger partial charge in [-0.3, -0.25) is 4.99 Å². The number of guanidine groups is 1. The highest BCUT2D eigenvalue weighted by Gasteiger charge is 2.09. The second kappa shape index (κ2) is 14.1. The highest BCUT2D eigenvalue weighted by molar-refractivity contribution is 14.0. The Kier molecular flexibility index (Phi) is 12.2. The van der Waals surface area contributed by atoms with Crippen molar-refractivity contribution in [2.75, 3.05) is 34.3 Å². The first-order valence-corrected chi connectivity index (χ1v) is 10.1. The van der Waals surface area contributed by atoms with Crippen LogP contribution < -0.4 is 20.1 Å². The quantitative estimate of drug-likeness (QED) is 0.280. The van der Waals surface area contributed by atoms with E-state index in [4.69, 9.17) is 9.47 Å². The van der Waals surface area contributed by atoms with Crippen LogP contribution >= 0.6 is 24.0 Å². The Hall–Kier alpha value is -2.00. The molecule has 0 saturated heterocycles. The van der Waals surface area contributed by atoms with Crippen molar-refractivity contribution in [3.8, 4) is 11.5 Å². The Labute approximate surface area is 198 Å². The number of aliphatic imine (C=N–C) groups is 1. The van der Waals surface area contributed by atoms with Gasteiger partial charge in [0, 0.05) is 20.1 Å². The predicted octanol–water partition coefficient (Wildman–Crippen LogP) is 3.90. The molecule has 0 aliphatic heterocycles. The molecule has 30 heavy (non-hydrogen) atoms. The van der Waals surface area contributed by atoms with Crippen molar-refractivity contribution in [2.24, 2.45) is 4.99 Å². The molecular weight excluding hydrogens is 491 g/mol. The van der Waals surface area contributed by atoms with E-state index in [9.17, 15) is 0 Å². The van der Waals surface area contributed by atoms with Gasteiger partial charge in [0.15, 0.2) is 17.5 Å². The summed E-state index contributed by atoms with van der Waals surface area (Å²) in [6.07, 6.45) is -0.0437. The summed E-state index contributed by atoms with van der Waals surface area (Å²) in [5.41, 5.74) is 2.55. The summed E-state index contributed by atoms with van der Waals surface area (Å²) >= 11 is 0. The fourth-order valence-corrected chi connectivity index (χ4v) is 2.88. The van der Waals surface area contributed by atoms with Crippen LogP contribution in [-0.2, 0) is 13.1 Å². The molecule has 0 fully saturated rings. The molecule has 1 unspecified atom stereocenters. The number of rotatable bonds is 10. The van der Waals surface area contributed by atoms with Crippen LogP contribution in [0.4, 0.5) is 0 Å². The average Bonchev–Trinajstić information content (AvgIpc) is 2.74. The van der Waals surface area contributed by atoms with Gasteiger partial charge >= 0.3 is 0 Å². The van der Waals surface area contributed by atoms with Crippen LogP contribution in [0, 0.1) is 0 Å². The molecule has 0 spiro atoms. The molecule has 2 N–H and O–H groups in total. The van der Waals surface area contributed by atoms with Crippen LogP contribution in [0.1, 0.15) is 25.0 Å².